The number of piperidine rings is 1. The monoisotopic (exact) mass is 356 g/mol. The van der Waals surface area contributed by atoms with Crippen molar-refractivity contribution in [1.82, 2.24) is 19.8 Å². The summed E-state index contributed by atoms with van der Waals surface area (Å²) in [5.74, 6) is 0.537. The summed E-state index contributed by atoms with van der Waals surface area (Å²) in [6, 6.07) is 4.18. The van der Waals surface area contributed by atoms with Crippen LogP contribution < -0.4 is 0 Å². The van der Waals surface area contributed by atoms with E-state index in [4.69, 9.17) is 4.74 Å². The highest BCUT2D eigenvalue weighted by atomic mass is 16.5. The fraction of sp³-hybridized carbons (Fsp3) is 0.600. The van der Waals surface area contributed by atoms with Gasteiger partial charge in [-0.15, -0.1) is 0 Å². The Morgan fingerprint density at radius 2 is 2.23 bits per heavy atom. The molecule has 0 unspecified atom stereocenters. The Balaban J connectivity index is 1.66. The summed E-state index contributed by atoms with van der Waals surface area (Å²) in [6.07, 6.45) is 5.10. The molecule has 0 spiro atoms. The Kier molecular flexibility index (Phi) is 5.22. The lowest BCUT2D eigenvalue weighted by atomic mass is 9.91. The number of nitrogens with zero attached hydrogens (tertiary/aromatic N) is 3. The first-order valence-electron chi connectivity index (χ1n) is 9.73. The first-order chi connectivity index (χ1) is 12.7. The van der Waals surface area contributed by atoms with Gasteiger partial charge in [0, 0.05) is 69.4 Å². The van der Waals surface area contributed by atoms with E-state index >= 15 is 0 Å². The first-order valence-corrected chi connectivity index (χ1v) is 9.73. The molecule has 1 amide bonds. The van der Waals surface area contributed by atoms with Gasteiger partial charge in [-0.2, -0.15) is 0 Å². The summed E-state index contributed by atoms with van der Waals surface area (Å²) < 4.78 is 5.61. The van der Waals surface area contributed by atoms with E-state index < -0.39 is 0 Å². The molecular weight excluding hydrogens is 328 g/mol. The minimum absolute atomic E-state index is 0.176. The van der Waals surface area contributed by atoms with Gasteiger partial charge in [-0.05, 0) is 37.0 Å². The number of carbonyl (C=O) groups is 1. The minimum atomic E-state index is 0.176. The Morgan fingerprint density at radius 3 is 3.12 bits per heavy atom. The van der Waals surface area contributed by atoms with Crippen molar-refractivity contribution in [3.63, 3.8) is 0 Å². The van der Waals surface area contributed by atoms with Gasteiger partial charge in [-0.3, -0.25) is 9.69 Å². The zero-order valence-electron chi connectivity index (χ0n) is 15.5. The van der Waals surface area contributed by atoms with E-state index in [0.29, 0.717) is 5.92 Å². The molecule has 6 nitrogen and oxygen atoms in total. The molecule has 2 aromatic rings. The topological polar surface area (TPSA) is 61.5 Å². The van der Waals surface area contributed by atoms with Crippen molar-refractivity contribution in [3.8, 4) is 0 Å². The quantitative estimate of drug-likeness (QED) is 0.918. The molecule has 0 bridgehead atoms. The number of hydrogen-bond acceptors (Lipinski definition) is 4. The molecule has 2 fully saturated rings. The zero-order chi connectivity index (χ0) is 17.9. The highest BCUT2D eigenvalue weighted by Crippen LogP contribution is 2.33. The van der Waals surface area contributed by atoms with E-state index in [1.165, 1.54) is 16.6 Å². The Morgan fingerprint density at radius 1 is 1.31 bits per heavy atom. The summed E-state index contributed by atoms with van der Waals surface area (Å²) in [5.41, 5.74) is 3.59. The van der Waals surface area contributed by atoms with Crippen LogP contribution in [0.15, 0.2) is 18.3 Å². The number of ether oxygens (including phenoxy) is 1. The average molecular weight is 356 g/mol. The smallest absolute Gasteiger partial charge is 0.219 e. The molecule has 1 atom stereocenters. The lowest BCUT2D eigenvalue weighted by Gasteiger charge is -2.32. The zero-order valence-corrected chi connectivity index (χ0v) is 15.5. The molecule has 140 valence electrons. The van der Waals surface area contributed by atoms with Crippen LogP contribution in [0.2, 0.25) is 0 Å². The molecule has 0 radical (unpaired) electrons. The van der Waals surface area contributed by atoms with E-state index in [0.717, 1.165) is 70.8 Å². The van der Waals surface area contributed by atoms with Gasteiger partial charge in [0.05, 0.1) is 6.61 Å². The van der Waals surface area contributed by atoms with Gasteiger partial charge in [0.1, 0.15) is 5.65 Å². The summed E-state index contributed by atoms with van der Waals surface area (Å²) in [5, 5.41) is 1.22. The van der Waals surface area contributed by atoms with Crippen LogP contribution in [0.4, 0.5) is 0 Å². The lowest BCUT2D eigenvalue weighted by molar-refractivity contribution is -0.130. The molecule has 0 aliphatic carbocycles. The standard InChI is InChI=1S/C20H28N4O2/c1-15(25)24-9-3-5-16(13-24)19-18(14-23-8-4-11-26-12-10-23)17-6-2-7-21-20(17)22-19/h2,6-7,16H,3-5,8-14H2,1H3,(H,21,22)/t16-/m0/s1. The fourth-order valence-electron chi connectivity index (χ4n) is 4.29. The molecule has 4 rings (SSSR count). The third-order valence-corrected chi connectivity index (χ3v) is 5.68. The molecule has 2 aliphatic heterocycles. The number of nitrogens with one attached hydrogen (secondary N) is 1. The number of likely N-dealkylation sites (tertiary alicyclic amines) is 1. The molecule has 1 N–H and O–H groups in total. The van der Waals surface area contributed by atoms with Crippen LogP contribution >= 0.6 is 0 Å². The highest BCUT2D eigenvalue weighted by Gasteiger charge is 2.28. The van der Waals surface area contributed by atoms with Gasteiger partial charge in [0.2, 0.25) is 5.91 Å². The van der Waals surface area contributed by atoms with Crippen LogP contribution in [0, 0.1) is 0 Å². The number of aromatic amines is 1. The SMILES string of the molecule is CC(=O)N1CCC[C@H](c2[nH]c3ncccc3c2CN2CCCOCC2)C1. The number of carbonyl (C=O) groups excluding carboxylic acids is 1. The predicted octanol–water partition coefficient (Wildman–Crippen LogP) is 2.51. The second-order valence-electron chi connectivity index (χ2n) is 7.46. The first kappa shape index (κ1) is 17.5. The third kappa shape index (κ3) is 3.62. The van der Waals surface area contributed by atoms with Crippen molar-refractivity contribution in [3.05, 3.63) is 29.6 Å². The number of amides is 1. The second kappa shape index (κ2) is 7.76. The van der Waals surface area contributed by atoms with Gasteiger partial charge in [0.25, 0.3) is 0 Å². The second-order valence-corrected chi connectivity index (χ2v) is 7.46. The van der Waals surface area contributed by atoms with Crippen LogP contribution in [-0.4, -0.2) is 65.1 Å². The molecular formula is C20H28N4O2. The van der Waals surface area contributed by atoms with Gasteiger partial charge >= 0.3 is 0 Å². The van der Waals surface area contributed by atoms with Crippen molar-refractivity contribution >= 4 is 16.9 Å². The van der Waals surface area contributed by atoms with Crippen molar-refractivity contribution in [2.75, 3.05) is 39.4 Å². The van der Waals surface area contributed by atoms with E-state index in [2.05, 4.69) is 20.9 Å². The maximum absolute atomic E-state index is 11.9. The van der Waals surface area contributed by atoms with Crippen LogP contribution in [-0.2, 0) is 16.1 Å². The maximum atomic E-state index is 11.9. The molecule has 2 saturated heterocycles. The lowest BCUT2D eigenvalue weighted by Crippen LogP contribution is -2.38. The Hall–Kier alpha value is -1.92. The normalized spacial score (nSPS) is 22.5. The van der Waals surface area contributed by atoms with Crippen LogP contribution in [0.3, 0.4) is 0 Å². The summed E-state index contributed by atoms with van der Waals surface area (Å²) in [4.78, 5) is 24.5. The number of rotatable bonds is 3. The average Bonchev–Trinajstić information content (AvgIpc) is 2.83. The van der Waals surface area contributed by atoms with Crippen molar-refractivity contribution in [1.29, 1.82) is 0 Å². The molecule has 0 saturated carbocycles. The number of H-pyrrole nitrogens is 1. The predicted molar refractivity (Wildman–Crippen MR) is 101 cm³/mol. The largest absolute Gasteiger partial charge is 0.380 e. The Bertz CT molecular complexity index is 764. The number of fused-ring (bicyclic) bond motifs is 1. The summed E-state index contributed by atoms with van der Waals surface area (Å²) in [6.45, 7) is 7.97. The van der Waals surface area contributed by atoms with Crippen molar-refractivity contribution < 1.29 is 9.53 Å². The molecule has 0 aromatic carbocycles. The van der Waals surface area contributed by atoms with E-state index in [1.807, 2.05) is 17.2 Å². The minimum Gasteiger partial charge on any atom is -0.380 e. The van der Waals surface area contributed by atoms with E-state index in [9.17, 15) is 4.79 Å². The maximum Gasteiger partial charge on any atom is 0.219 e. The van der Waals surface area contributed by atoms with E-state index in [1.54, 1.807) is 6.92 Å². The molecule has 6 heteroatoms. The van der Waals surface area contributed by atoms with Gasteiger partial charge < -0.3 is 14.6 Å². The van der Waals surface area contributed by atoms with Crippen LogP contribution in [0.5, 0.6) is 0 Å². The molecule has 2 aromatic heterocycles. The van der Waals surface area contributed by atoms with Gasteiger partial charge in [0.15, 0.2) is 0 Å². The van der Waals surface area contributed by atoms with Gasteiger partial charge in [-0.1, -0.05) is 0 Å². The van der Waals surface area contributed by atoms with Crippen LogP contribution in [0.25, 0.3) is 11.0 Å². The number of pyridine rings is 1. The Labute approximate surface area is 154 Å². The molecule has 26 heavy (non-hydrogen) atoms. The van der Waals surface area contributed by atoms with Crippen molar-refractivity contribution in [2.45, 2.75) is 38.6 Å². The fourth-order valence-corrected chi connectivity index (χ4v) is 4.29. The number of aromatic nitrogens is 2. The number of hydrogen-bond donors (Lipinski definition) is 1. The van der Waals surface area contributed by atoms with Crippen LogP contribution in [0.1, 0.15) is 43.4 Å². The third-order valence-electron chi connectivity index (χ3n) is 5.68. The molecule has 2 aliphatic rings. The summed E-state index contributed by atoms with van der Waals surface area (Å²) in [7, 11) is 0. The van der Waals surface area contributed by atoms with E-state index in [-0.39, 0.29) is 5.91 Å². The summed E-state index contributed by atoms with van der Waals surface area (Å²) >= 11 is 0. The van der Waals surface area contributed by atoms with Crippen molar-refractivity contribution in [2.24, 2.45) is 0 Å². The molecule has 4 heterocycles. The highest BCUT2D eigenvalue weighted by molar-refractivity contribution is 5.81. The van der Waals surface area contributed by atoms with Gasteiger partial charge in [-0.25, -0.2) is 4.98 Å².